The number of carbonyl (C=O) groups excluding carboxylic acids is 3. The molecule has 162 valence electrons. The van der Waals surface area contributed by atoms with Crippen LogP contribution >= 0.6 is 11.6 Å². The van der Waals surface area contributed by atoms with Crippen molar-refractivity contribution in [2.45, 2.75) is 44.3 Å². The Morgan fingerprint density at radius 2 is 1.77 bits per heavy atom. The van der Waals surface area contributed by atoms with Crippen LogP contribution in [0.15, 0.2) is 48.5 Å². The first kappa shape index (κ1) is 21.2. The molecule has 4 rings (SSSR count). The molecule has 0 unspecified atom stereocenters. The third-order valence-corrected chi connectivity index (χ3v) is 6.06. The van der Waals surface area contributed by atoms with E-state index in [-0.39, 0.29) is 23.9 Å². The predicted octanol–water partition coefficient (Wildman–Crippen LogP) is 2.73. The molecule has 0 aromatic heterocycles. The first-order valence-electron chi connectivity index (χ1n) is 10.4. The zero-order chi connectivity index (χ0) is 22.0. The number of nitrogens with one attached hydrogen (secondary N) is 3. The Morgan fingerprint density at radius 1 is 1.10 bits per heavy atom. The molecule has 3 N–H and O–H groups in total. The summed E-state index contributed by atoms with van der Waals surface area (Å²) in [4.78, 5) is 39.5. The molecule has 2 heterocycles. The van der Waals surface area contributed by atoms with Gasteiger partial charge in [-0.1, -0.05) is 42.8 Å². The summed E-state index contributed by atoms with van der Waals surface area (Å²) in [6, 6.07) is 13.1. The van der Waals surface area contributed by atoms with E-state index in [2.05, 4.69) is 22.9 Å². The molecule has 0 spiro atoms. The molecule has 0 saturated carbocycles. The number of rotatable bonds is 5. The van der Waals surface area contributed by atoms with E-state index in [1.807, 2.05) is 36.4 Å². The standard InChI is InChI=1S/C23H25ClN4O3/c1-2-14-5-9-17(10-6-14)25-23(31)26-18-12-20-21(29)27-19(22(30)28(20)13-18)11-15-3-7-16(24)8-4-15/h3-10,18-20H,2,11-13H2,1H3,(H,27,29)(H2,25,26,31)/t18-,19-,20-/m0/s1. The summed E-state index contributed by atoms with van der Waals surface area (Å²) in [6.07, 6.45) is 1.73. The highest BCUT2D eigenvalue weighted by Crippen LogP contribution is 2.24. The maximum absolute atomic E-state index is 13.0. The van der Waals surface area contributed by atoms with Crippen LogP contribution in [0, 0.1) is 0 Å². The lowest BCUT2D eigenvalue weighted by Crippen LogP contribution is -2.61. The van der Waals surface area contributed by atoms with Crippen molar-refractivity contribution in [3.8, 4) is 0 Å². The fourth-order valence-corrected chi connectivity index (χ4v) is 4.26. The number of anilines is 1. The number of urea groups is 1. The fraction of sp³-hybridized carbons (Fsp3) is 0.348. The van der Waals surface area contributed by atoms with Crippen LogP contribution in [0.4, 0.5) is 10.5 Å². The average Bonchev–Trinajstić information content (AvgIpc) is 3.18. The molecule has 3 atom stereocenters. The van der Waals surface area contributed by atoms with E-state index in [1.54, 1.807) is 17.0 Å². The number of amides is 4. The van der Waals surface area contributed by atoms with E-state index < -0.39 is 12.1 Å². The van der Waals surface area contributed by atoms with Gasteiger partial charge in [0, 0.05) is 23.7 Å². The minimum Gasteiger partial charge on any atom is -0.342 e. The largest absolute Gasteiger partial charge is 0.342 e. The second-order valence-electron chi connectivity index (χ2n) is 7.98. The quantitative estimate of drug-likeness (QED) is 0.667. The monoisotopic (exact) mass is 440 g/mol. The molecule has 2 aromatic rings. The summed E-state index contributed by atoms with van der Waals surface area (Å²) in [7, 11) is 0. The van der Waals surface area contributed by atoms with Gasteiger partial charge in [0.25, 0.3) is 0 Å². The van der Waals surface area contributed by atoms with Crippen molar-refractivity contribution in [3.05, 3.63) is 64.7 Å². The number of benzene rings is 2. The number of fused-ring (bicyclic) bond motifs is 1. The van der Waals surface area contributed by atoms with Crippen molar-refractivity contribution in [1.82, 2.24) is 15.5 Å². The minimum absolute atomic E-state index is 0.126. The Kier molecular flexibility index (Phi) is 6.13. The topological polar surface area (TPSA) is 90.5 Å². The summed E-state index contributed by atoms with van der Waals surface area (Å²) in [5.74, 6) is -0.308. The number of nitrogens with zero attached hydrogens (tertiary/aromatic N) is 1. The Balaban J connectivity index is 1.35. The van der Waals surface area contributed by atoms with Crippen molar-refractivity contribution in [1.29, 1.82) is 0 Å². The minimum atomic E-state index is -0.616. The van der Waals surface area contributed by atoms with Gasteiger partial charge < -0.3 is 20.9 Å². The number of hydrogen-bond acceptors (Lipinski definition) is 3. The van der Waals surface area contributed by atoms with E-state index in [0.717, 1.165) is 12.0 Å². The Labute approximate surface area is 186 Å². The molecule has 2 aliphatic rings. The van der Waals surface area contributed by atoms with Crippen molar-refractivity contribution in [2.75, 3.05) is 11.9 Å². The van der Waals surface area contributed by atoms with Crippen LogP contribution in [0.3, 0.4) is 0 Å². The smallest absolute Gasteiger partial charge is 0.319 e. The van der Waals surface area contributed by atoms with Crippen molar-refractivity contribution in [2.24, 2.45) is 0 Å². The summed E-state index contributed by atoms with van der Waals surface area (Å²) >= 11 is 5.92. The lowest BCUT2D eigenvalue weighted by Gasteiger charge is -2.34. The molecule has 0 radical (unpaired) electrons. The van der Waals surface area contributed by atoms with Gasteiger partial charge in [0.1, 0.15) is 12.1 Å². The summed E-state index contributed by atoms with van der Waals surface area (Å²) in [6.45, 7) is 2.39. The van der Waals surface area contributed by atoms with Crippen molar-refractivity contribution >= 4 is 35.1 Å². The van der Waals surface area contributed by atoms with Gasteiger partial charge in [-0.25, -0.2) is 4.79 Å². The molecule has 0 aliphatic carbocycles. The number of hydrogen-bond donors (Lipinski definition) is 3. The van der Waals surface area contributed by atoms with E-state index >= 15 is 0 Å². The molecule has 31 heavy (non-hydrogen) atoms. The van der Waals surface area contributed by atoms with Gasteiger partial charge in [-0.15, -0.1) is 0 Å². The molecule has 2 aromatic carbocycles. The van der Waals surface area contributed by atoms with E-state index in [0.29, 0.717) is 30.1 Å². The molecular formula is C23H25ClN4O3. The maximum atomic E-state index is 13.0. The molecule has 2 saturated heterocycles. The number of halogens is 1. The van der Waals surface area contributed by atoms with E-state index in [4.69, 9.17) is 11.6 Å². The highest BCUT2D eigenvalue weighted by Gasteiger charge is 2.46. The molecule has 4 amide bonds. The molecule has 7 nitrogen and oxygen atoms in total. The lowest BCUT2D eigenvalue weighted by molar-refractivity contribution is -0.147. The third-order valence-electron chi connectivity index (χ3n) is 5.81. The van der Waals surface area contributed by atoms with Gasteiger partial charge in [0.2, 0.25) is 11.8 Å². The maximum Gasteiger partial charge on any atom is 0.319 e. The van der Waals surface area contributed by atoms with Crippen LogP contribution in [-0.2, 0) is 22.4 Å². The molecule has 8 heteroatoms. The Hall–Kier alpha value is -3.06. The summed E-state index contributed by atoms with van der Waals surface area (Å²) < 4.78 is 0. The van der Waals surface area contributed by atoms with Gasteiger partial charge in [0.05, 0.1) is 6.04 Å². The summed E-state index contributed by atoms with van der Waals surface area (Å²) in [5.41, 5.74) is 2.81. The van der Waals surface area contributed by atoms with Crippen LogP contribution in [0.1, 0.15) is 24.5 Å². The van der Waals surface area contributed by atoms with Crippen LogP contribution in [0.5, 0.6) is 0 Å². The second kappa shape index (κ2) is 8.98. The van der Waals surface area contributed by atoms with E-state index in [1.165, 1.54) is 5.56 Å². The zero-order valence-corrected chi connectivity index (χ0v) is 18.0. The van der Waals surface area contributed by atoms with Gasteiger partial charge in [-0.3, -0.25) is 9.59 Å². The normalized spacial score (nSPS) is 22.6. The number of carbonyl (C=O) groups is 3. The van der Waals surface area contributed by atoms with Crippen LogP contribution in [0.2, 0.25) is 5.02 Å². The van der Waals surface area contributed by atoms with Crippen LogP contribution < -0.4 is 16.0 Å². The first-order valence-corrected chi connectivity index (χ1v) is 10.8. The summed E-state index contributed by atoms with van der Waals surface area (Å²) in [5, 5.41) is 9.15. The van der Waals surface area contributed by atoms with Gasteiger partial charge >= 0.3 is 6.03 Å². The average molecular weight is 441 g/mol. The van der Waals surface area contributed by atoms with Gasteiger partial charge in [-0.05, 0) is 48.2 Å². The van der Waals surface area contributed by atoms with Crippen molar-refractivity contribution < 1.29 is 14.4 Å². The third kappa shape index (κ3) is 4.82. The predicted molar refractivity (Wildman–Crippen MR) is 119 cm³/mol. The number of piperazine rings is 1. The highest BCUT2D eigenvalue weighted by atomic mass is 35.5. The fourth-order valence-electron chi connectivity index (χ4n) is 4.13. The molecule has 2 fully saturated rings. The van der Waals surface area contributed by atoms with Crippen molar-refractivity contribution in [3.63, 3.8) is 0 Å². The second-order valence-corrected chi connectivity index (χ2v) is 8.42. The Bertz CT molecular complexity index is 977. The van der Waals surface area contributed by atoms with Crippen LogP contribution in [0.25, 0.3) is 0 Å². The van der Waals surface area contributed by atoms with E-state index in [9.17, 15) is 14.4 Å². The SMILES string of the molecule is CCc1ccc(NC(=O)N[C@H]2C[C@H]3C(=O)N[C@@H](Cc4ccc(Cl)cc4)C(=O)N3C2)cc1. The number of aryl methyl sites for hydroxylation is 1. The first-order chi connectivity index (χ1) is 14.9. The van der Waals surface area contributed by atoms with Gasteiger partial charge in [-0.2, -0.15) is 0 Å². The Morgan fingerprint density at radius 3 is 2.45 bits per heavy atom. The molecular weight excluding hydrogens is 416 g/mol. The van der Waals surface area contributed by atoms with Gasteiger partial charge in [0.15, 0.2) is 0 Å². The highest BCUT2D eigenvalue weighted by molar-refractivity contribution is 6.30. The zero-order valence-electron chi connectivity index (χ0n) is 17.2. The lowest BCUT2D eigenvalue weighted by atomic mass is 10.0. The molecule has 2 aliphatic heterocycles. The molecule has 0 bridgehead atoms. The van der Waals surface area contributed by atoms with Crippen LogP contribution in [-0.4, -0.2) is 47.4 Å².